The van der Waals surface area contributed by atoms with Crippen LogP contribution in [0.1, 0.15) is 74.6 Å². The van der Waals surface area contributed by atoms with Crippen molar-refractivity contribution in [3.05, 3.63) is 83.6 Å². The highest BCUT2D eigenvalue weighted by molar-refractivity contribution is 7.92. The maximum Gasteiger partial charge on any atom is 0.490 e. The minimum atomic E-state index is -5.08. The molecule has 3 atom stereocenters. The number of aliphatic carboxylic acids is 2. The van der Waals surface area contributed by atoms with Gasteiger partial charge in [0.25, 0.3) is 0 Å². The Morgan fingerprint density at radius 1 is 0.983 bits per heavy atom. The minimum absolute atomic E-state index is 0.00491. The molecule has 0 spiro atoms. The zero-order valence-electron chi connectivity index (χ0n) is 32.9. The molecule has 3 aromatic carbocycles. The Hall–Kier alpha value is -6.11. The molecule has 15 nitrogen and oxygen atoms in total. The first-order valence-corrected chi connectivity index (χ1v) is 19.8. The van der Waals surface area contributed by atoms with Gasteiger partial charge in [-0.2, -0.15) is 13.2 Å². The van der Waals surface area contributed by atoms with Crippen LogP contribution in [0.15, 0.2) is 71.8 Å². The van der Waals surface area contributed by atoms with E-state index in [1.165, 1.54) is 44.1 Å². The van der Waals surface area contributed by atoms with Gasteiger partial charge in [-0.15, -0.1) is 0 Å². The van der Waals surface area contributed by atoms with Crippen LogP contribution in [0.4, 0.5) is 24.7 Å². The molecule has 1 aliphatic heterocycles. The van der Waals surface area contributed by atoms with E-state index < -0.39 is 63.1 Å². The van der Waals surface area contributed by atoms with Gasteiger partial charge in [-0.05, 0) is 112 Å². The first-order chi connectivity index (χ1) is 27.6. The van der Waals surface area contributed by atoms with E-state index in [1.54, 1.807) is 42.6 Å². The lowest BCUT2D eigenvalue weighted by molar-refractivity contribution is -0.192. The number of pyridine rings is 1. The van der Waals surface area contributed by atoms with Gasteiger partial charge in [-0.25, -0.2) is 23.0 Å². The lowest BCUT2D eigenvalue weighted by atomic mass is 9.92. The molecule has 4 aromatic rings. The normalized spacial score (nSPS) is 15.9. The second-order valence-corrected chi connectivity index (χ2v) is 16.3. The van der Waals surface area contributed by atoms with Gasteiger partial charge in [-0.1, -0.05) is 6.07 Å². The van der Waals surface area contributed by atoms with E-state index in [0.29, 0.717) is 35.2 Å². The van der Waals surface area contributed by atoms with E-state index in [0.717, 1.165) is 10.8 Å². The number of nitrogens with one attached hydrogen (secondary N) is 1. The van der Waals surface area contributed by atoms with E-state index in [2.05, 4.69) is 10.3 Å². The number of nitrogen functional groups attached to an aromatic ring is 1. The number of likely N-dealkylation sites (tertiary alicyclic amines) is 1. The van der Waals surface area contributed by atoms with Crippen molar-refractivity contribution >= 4 is 55.9 Å². The predicted octanol–water partition coefficient (Wildman–Crippen LogP) is 6.43. The van der Waals surface area contributed by atoms with Crippen LogP contribution in [-0.4, -0.2) is 90.1 Å². The smallest absolute Gasteiger partial charge is 0.490 e. The first kappa shape index (κ1) is 45.6. The number of carbonyl (C=O) groups excluding carboxylic acids is 2. The average molecular weight is 847 g/mol. The molecule has 1 amide bonds. The summed E-state index contributed by atoms with van der Waals surface area (Å²) in [6, 6.07) is 13.9. The fourth-order valence-electron chi connectivity index (χ4n) is 6.46. The van der Waals surface area contributed by atoms with Crippen LogP contribution in [0.25, 0.3) is 10.8 Å². The monoisotopic (exact) mass is 846 g/mol. The van der Waals surface area contributed by atoms with E-state index in [-0.39, 0.29) is 35.1 Å². The number of nitrogens with two attached hydrogens (primary N) is 1. The molecule has 0 bridgehead atoms. The number of rotatable bonds is 13. The number of sulfone groups is 1. The molecule has 1 saturated heterocycles. The number of esters is 1. The van der Waals surface area contributed by atoms with Crippen molar-refractivity contribution in [2.45, 2.75) is 75.5 Å². The molecule has 1 unspecified atom stereocenters. The van der Waals surface area contributed by atoms with E-state index in [9.17, 15) is 36.3 Å². The predicted molar refractivity (Wildman–Crippen MR) is 210 cm³/mol. The number of hydrogen-bond donors (Lipinski definition) is 4. The Morgan fingerprint density at radius 2 is 1.66 bits per heavy atom. The number of hydrogen-bond acceptors (Lipinski definition) is 12. The molecule has 59 heavy (non-hydrogen) atoms. The second-order valence-electron chi connectivity index (χ2n) is 13.9. The summed E-state index contributed by atoms with van der Waals surface area (Å²) in [7, 11) is -2.82. The van der Waals surface area contributed by atoms with Crippen LogP contribution in [-0.2, 0) is 29.0 Å². The summed E-state index contributed by atoms with van der Waals surface area (Å²) in [6.45, 7) is 8.93. The third kappa shape index (κ3) is 10.5. The Morgan fingerprint density at radius 3 is 2.24 bits per heavy atom. The molecule has 5 rings (SSSR count). The Kier molecular flexibility index (Phi) is 14.4. The van der Waals surface area contributed by atoms with Crippen molar-refractivity contribution in [3.63, 3.8) is 0 Å². The van der Waals surface area contributed by atoms with Crippen LogP contribution in [0.3, 0.4) is 0 Å². The fraction of sp³-hybridized carbons (Fsp3) is 0.375. The Labute approximate surface area is 338 Å². The summed E-state index contributed by atoms with van der Waals surface area (Å²) in [5.74, 6) is -5.19. The van der Waals surface area contributed by atoms with Crippen molar-refractivity contribution in [3.8, 4) is 11.5 Å². The average Bonchev–Trinajstić information content (AvgIpc) is 3.62. The van der Waals surface area contributed by atoms with Gasteiger partial charge in [-0.3, -0.25) is 9.59 Å². The number of methoxy groups -OCH3 is 1. The van der Waals surface area contributed by atoms with Gasteiger partial charge in [0.05, 0.1) is 47.5 Å². The molecule has 1 fully saturated rings. The number of amides is 1. The van der Waals surface area contributed by atoms with Crippen LogP contribution < -0.4 is 20.5 Å². The Balaban J connectivity index is 0.00000101. The third-order valence-corrected chi connectivity index (χ3v) is 11.5. The number of ether oxygens (including phenoxy) is 3. The van der Waals surface area contributed by atoms with Gasteiger partial charge in [0, 0.05) is 23.8 Å². The lowest BCUT2D eigenvalue weighted by Gasteiger charge is -2.33. The first-order valence-electron chi connectivity index (χ1n) is 18.3. The SMILES string of the molecule is CCOc1cc(C(Nc2ccc3c(N)nccc3c2)C(=O)N2CC[C@@H](C(=O)O)[C@H]2c2cc(C(=O)OC)ccc2S(=O)(=O)C(C)C)ccc1OC(C)C.O=C(O)C(F)(F)F. The van der Waals surface area contributed by atoms with Crippen LogP contribution in [0.5, 0.6) is 11.5 Å². The number of benzene rings is 3. The molecule has 0 aliphatic carbocycles. The zero-order valence-corrected chi connectivity index (χ0v) is 33.8. The third-order valence-electron chi connectivity index (χ3n) is 9.23. The Bertz CT molecular complexity index is 2320. The summed E-state index contributed by atoms with van der Waals surface area (Å²) in [4.78, 5) is 54.8. The molecule has 0 saturated carbocycles. The standard InChI is InChI=1S/C38H44N4O9S.C2HF3O2/c1-7-50-31-20-24(8-12-30(31)51-21(2)3)33(41-26-10-11-27-23(18-26)14-16-40-35(27)39)36(43)42-17-15-28(37(44)45)34(42)29-19-25(38(46)49-6)9-13-32(29)52(47,48)22(4)5;3-2(4,5)1(6)7/h8-14,16,18-22,28,33-34,41H,7,15,17H2,1-6H3,(H2,39,40)(H,44,45);(H,6,7)/t28-,33?,34+;/m1./s1. The maximum absolute atomic E-state index is 15.0. The minimum Gasteiger partial charge on any atom is -0.490 e. The summed E-state index contributed by atoms with van der Waals surface area (Å²) in [6.07, 6.45) is -3.62. The summed E-state index contributed by atoms with van der Waals surface area (Å²) < 4.78 is 76.0. The van der Waals surface area contributed by atoms with E-state index >= 15 is 4.79 Å². The van der Waals surface area contributed by atoms with Crippen molar-refractivity contribution in [2.75, 3.05) is 31.3 Å². The molecule has 318 valence electrons. The topological polar surface area (TPSA) is 225 Å². The number of carboxylic acids is 2. The van der Waals surface area contributed by atoms with Crippen molar-refractivity contribution < 1.29 is 65.2 Å². The number of halogens is 3. The largest absolute Gasteiger partial charge is 0.490 e. The van der Waals surface area contributed by atoms with E-state index in [1.807, 2.05) is 26.8 Å². The summed E-state index contributed by atoms with van der Waals surface area (Å²) in [5.41, 5.74) is 7.17. The second kappa shape index (κ2) is 18.6. The van der Waals surface area contributed by atoms with E-state index in [4.69, 9.17) is 29.8 Å². The van der Waals surface area contributed by atoms with Crippen molar-refractivity contribution in [1.82, 2.24) is 9.88 Å². The van der Waals surface area contributed by atoms with Gasteiger partial charge in [0.1, 0.15) is 11.9 Å². The molecule has 1 aliphatic rings. The van der Waals surface area contributed by atoms with Gasteiger partial charge < -0.3 is 40.4 Å². The highest BCUT2D eigenvalue weighted by Gasteiger charge is 2.46. The number of carbonyl (C=O) groups is 4. The number of carboxylic acid groups (broad SMARTS) is 2. The fourth-order valence-corrected chi connectivity index (χ4v) is 7.73. The number of alkyl halides is 3. The van der Waals surface area contributed by atoms with Gasteiger partial charge in [0.2, 0.25) is 5.91 Å². The quantitative estimate of drug-likeness (QED) is 0.106. The molecule has 2 heterocycles. The molecule has 0 radical (unpaired) electrons. The van der Waals surface area contributed by atoms with Gasteiger partial charge >= 0.3 is 24.1 Å². The highest BCUT2D eigenvalue weighted by Crippen LogP contribution is 2.44. The molecular formula is C40H45F3N4O11S. The highest BCUT2D eigenvalue weighted by atomic mass is 32.2. The van der Waals surface area contributed by atoms with Crippen LogP contribution >= 0.6 is 0 Å². The summed E-state index contributed by atoms with van der Waals surface area (Å²) >= 11 is 0. The van der Waals surface area contributed by atoms with Crippen LogP contribution in [0, 0.1) is 5.92 Å². The van der Waals surface area contributed by atoms with Crippen LogP contribution in [0.2, 0.25) is 0 Å². The zero-order chi connectivity index (χ0) is 44.0. The van der Waals surface area contributed by atoms with Crippen molar-refractivity contribution in [1.29, 1.82) is 0 Å². The molecule has 19 heteroatoms. The number of aromatic nitrogens is 1. The number of anilines is 2. The lowest BCUT2D eigenvalue weighted by Crippen LogP contribution is -2.40. The molecular weight excluding hydrogens is 802 g/mol. The number of nitrogens with zero attached hydrogens (tertiary/aromatic N) is 2. The maximum atomic E-state index is 15.0. The molecule has 5 N–H and O–H groups in total. The summed E-state index contributed by atoms with van der Waals surface area (Å²) in [5, 5.41) is 21.5. The van der Waals surface area contributed by atoms with Gasteiger partial charge in [0.15, 0.2) is 21.3 Å². The number of fused-ring (bicyclic) bond motifs is 1. The van der Waals surface area contributed by atoms with Crippen molar-refractivity contribution in [2.24, 2.45) is 5.92 Å². The molecule has 1 aromatic heterocycles.